The zero-order chi connectivity index (χ0) is 18.4. The molecule has 128 valence electrons. The Labute approximate surface area is 145 Å². The van der Waals surface area contributed by atoms with Gasteiger partial charge in [0.05, 0.1) is 5.97 Å². The van der Waals surface area contributed by atoms with Gasteiger partial charge in [-0.05, 0) is 55.3 Å². The van der Waals surface area contributed by atoms with Crippen molar-refractivity contribution >= 4 is 29.2 Å². The standard InChI is InChI=1S/C19H18N2O4/c1-12-5-3-8-16(13(12)2)21-19(25)14-6-4-7-15(11-14)20-17(22)9-10-18(23)24/h3-11H,1-2H3,(H,20,22)(H,21,25)(H,23,24)/p-1. The summed E-state index contributed by atoms with van der Waals surface area (Å²) in [5.41, 5.74) is 3.51. The second kappa shape index (κ2) is 7.92. The van der Waals surface area contributed by atoms with Crippen LogP contribution in [0.15, 0.2) is 54.6 Å². The van der Waals surface area contributed by atoms with Crippen molar-refractivity contribution in [1.82, 2.24) is 0 Å². The number of amides is 2. The molecule has 0 saturated heterocycles. The van der Waals surface area contributed by atoms with Gasteiger partial charge in [0.1, 0.15) is 0 Å². The molecule has 0 bridgehead atoms. The summed E-state index contributed by atoms with van der Waals surface area (Å²) in [5.74, 6) is -2.40. The molecule has 0 saturated carbocycles. The van der Waals surface area contributed by atoms with Crippen molar-refractivity contribution in [1.29, 1.82) is 0 Å². The van der Waals surface area contributed by atoms with E-state index >= 15 is 0 Å². The lowest BCUT2D eigenvalue weighted by Crippen LogP contribution is -2.20. The van der Waals surface area contributed by atoms with Crippen molar-refractivity contribution < 1.29 is 19.5 Å². The number of benzene rings is 2. The number of aryl methyl sites for hydroxylation is 1. The highest BCUT2D eigenvalue weighted by Crippen LogP contribution is 2.19. The van der Waals surface area contributed by atoms with Gasteiger partial charge >= 0.3 is 0 Å². The van der Waals surface area contributed by atoms with E-state index in [2.05, 4.69) is 10.6 Å². The molecular weight excluding hydrogens is 320 g/mol. The summed E-state index contributed by atoms with van der Waals surface area (Å²) in [6.07, 6.45) is 1.48. The smallest absolute Gasteiger partial charge is 0.255 e. The Bertz CT molecular complexity index is 856. The number of nitrogens with one attached hydrogen (secondary N) is 2. The molecule has 2 rings (SSSR count). The highest BCUT2D eigenvalue weighted by Gasteiger charge is 2.09. The Morgan fingerprint density at radius 2 is 1.68 bits per heavy atom. The molecule has 0 aromatic heterocycles. The fourth-order valence-electron chi connectivity index (χ4n) is 2.15. The maximum Gasteiger partial charge on any atom is 0.255 e. The zero-order valence-corrected chi connectivity index (χ0v) is 13.8. The van der Waals surface area contributed by atoms with Crippen LogP contribution in [-0.4, -0.2) is 17.8 Å². The number of aliphatic carboxylic acids is 1. The van der Waals surface area contributed by atoms with Gasteiger partial charge in [0.2, 0.25) is 5.91 Å². The first kappa shape index (κ1) is 17.9. The Hall–Kier alpha value is -3.41. The molecule has 6 heteroatoms. The van der Waals surface area contributed by atoms with Crippen LogP contribution in [0.1, 0.15) is 21.5 Å². The van der Waals surface area contributed by atoms with Crippen LogP contribution in [0.4, 0.5) is 11.4 Å². The number of hydrogen-bond acceptors (Lipinski definition) is 4. The minimum atomic E-state index is -1.46. The van der Waals surface area contributed by atoms with E-state index in [1.807, 2.05) is 32.0 Å². The third-order valence-electron chi connectivity index (χ3n) is 3.62. The summed E-state index contributed by atoms with van der Waals surface area (Å²) >= 11 is 0. The van der Waals surface area contributed by atoms with Crippen LogP contribution in [0, 0.1) is 13.8 Å². The average molecular weight is 337 g/mol. The zero-order valence-electron chi connectivity index (χ0n) is 13.8. The monoisotopic (exact) mass is 337 g/mol. The largest absolute Gasteiger partial charge is 0.545 e. The average Bonchev–Trinajstić information content (AvgIpc) is 2.57. The molecule has 2 N–H and O–H groups in total. The van der Waals surface area contributed by atoms with Crippen LogP contribution in [0.25, 0.3) is 0 Å². The molecular formula is C19H17N2O4-. The molecule has 2 aromatic carbocycles. The molecule has 0 heterocycles. The molecule has 2 aromatic rings. The molecule has 0 radical (unpaired) electrons. The van der Waals surface area contributed by atoms with Gasteiger partial charge in [-0.3, -0.25) is 9.59 Å². The second-order valence-electron chi connectivity index (χ2n) is 5.42. The lowest BCUT2D eigenvalue weighted by molar-refractivity contribution is -0.297. The van der Waals surface area contributed by atoms with E-state index in [1.54, 1.807) is 18.2 Å². The molecule has 0 aliphatic carbocycles. The number of hydrogen-bond donors (Lipinski definition) is 2. The van der Waals surface area contributed by atoms with E-state index in [1.165, 1.54) is 6.07 Å². The number of rotatable bonds is 5. The molecule has 6 nitrogen and oxygen atoms in total. The van der Waals surface area contributed by atoms with Crippen LogP contribution in [0.2, 0.25) is 0 Å². The first-order valence-electron chi connectivity index (χ1n) is 7.54. The quantitative estimate of drug-likeness (QED) is 0.813. The van der Waals surface area contributed by atoms with Crippen LogP contribution in [0.3, 0.4) is 0 Å². The van der Waals surface area contributed by atoms with Gasteiger partial charge in [-0.25, -0.2) is 0 Å². The minimum Gasteiger partial charge on any atom is -0.545 e. The normalized spacial score (nSPS) is 10.5. The summed E-state index contributed by atoms with van der Waals surface area (Å²) in [5, 5.41) is 15.6. The summed E-state index contributed by atoms with van der Waals surface area (Å²) in [6, 6.07) is 12.0. The van der Waals surface area contributed by atoms with Crippen molar-refractivity contribution in [3.63, 3.8) is 0 Å². The minimum absolute atomic E-state index is 0.310. The van der Waals surface area contributed by atoms with Crippen molar-refractivity contribution in [2.75, 3.05) is 10.6 Å². The predicted molar refractivity (Wildman–Crippen MR) is 93.1 cm³/mol. The molecule has 0 unspecified atom stereocenters. The van der Waals surface area contributed by atoms with Crippen molar-refractivity contribution in [2.45, 2.75) is 13.8 Å². The first-order chi connectivity index (χ1) is 11.9. The van der Waals surface area contributed by atoms with Crippen LogP contribution in [-0.2, 0) is 9.59 Å². The Balaban J connectivity index is 2.12. The number of anilines is 2. The van der Waals surface area contributed by atoms with E-state index in [9.17, 15) is 19.5 Å². The molecule has 0 aliphatic rings. The van der Waals surface area contributed by atoms with Gasteiger partial charge in [-0.1, -0.05) is 18.2 Å². The van der Waals surface area contributed by atoms with Crippen molar-refractivity contribution in [3.8, 4) is 0 Å². The van der Waals surface area contributed by atoms with Crippen molar-refractivity contribution in [2.24, 2.45) is 0 Å². The lowest BCUT2D eigenvalue weighted by Gasteiger charge is -2.11. The van der Waals surface area contributed by atoms with Gasteiger partial charge in [0, 0.05) is 23.0 Å². The highest BCUT2D eigenvalue weighted by molar-refractivity contribution is 6.06. The fraction of sp³-hybridized carbons (Fsp3) is 0.105. The summed E-state index contributed by atoms with van der Waals surface area (Å²) < 4.78 is 0. The van der Waals surface area contributed by atoms with Gasteiger partial charge in [0.25, 0.3) is 5.91 Å². The summed E-state index contributed by atoms with van der Waals surface area (Å²) in [4.78, 5) is 34.3. The van der Waals surface area contributed by atoms with Gasteiger partial charge in [-0.15, -0.1) is 0 Å². The summed E-state index contributed by atoms with van der Waals surface area (Å²) in [6.45, 7) is 3.88. The molecule has 0 atom stereocenters. The van der Waals surface area contributed by atoms with Crippen molar-refractivity contribution in [3.05, 3.63) is 71.3 Å². The van der Waals surface area contributed by atoms with Crippen LogP contribution < -0.4 is 15.7 Å². The molecule has 2 amide bonds. The number of carbonyl (C=O) groups excluding carboxylic acids is 3. The predicted octanol–water partition coefficient (Wildman–Crippen LogP) is 1.80. The Kier molecular flexibility index (Phi) is 5.68. The van der Waals surface area contributed by atoms with E-state index in [4.69, 9.17) is 0 Å². The number of carboxylic acid groups (broad SMARTS) is 1. The molecule has 0 spiro atoms. The highest BCUT2D eigenvalue weighted by atomic mass is 16.4. The third kappa shape index (κ3) is 5.04. The second-order valence-corrected chi connectivity index (χ2v) is 5.42. The topological polar surface area (TPSA) is 98.3 Å². The number of carbonyl (C=O) groups is 3. The van der Waals surface area contributed by atoms with Crippen LogP contribution in [0.5, 0.6) is 0 Å². The van der Waals surface area contributed by atoms with Gasteiger partial charge in [-0.2, -0.15) is 0 Å². The third-order valence-corrected chi connectivity index (χ3v) is 3.62. The Morgan fingerprint density at radius 3 is 2.40 bits per heavy atom. The van der Waals surface area contributed by atoms with Gasteiger partial charge < -0.3 is 20.5 Å². The maximum absolute atomic E-state index is 12.4. The molecule has 25 heavy (non-hydrogen) atoms. The summed E-state index contributed by atoms with van der Waals surface area (Å²) in [7, 11) is 0. The molecule has 0 aliphatic heterocycles. The maximum atomic E-state index is 12.4. The molecule has 0 fully saturated rings. The Morgan fingerprint density at radius 1 is 0.960 bits per heavy atom. The fourth-order valence-corrected chi connectivity index (χ4v) is 2.15. The van der Waals surface area contributed by atoms with E-state index in [-0.39, 0.29) is 5.91 Å². The van der Waals surface area contributed by atoms with E-state index < -0.39 is 11.9 Å². The first-order valence-corrected chi connectivity index (χ1v) is 7.54. The SMILES string of the molecule is Cc1cccc(NC(=O)c2cccc(NC(=O)C=CC(=O)[O-])c2)c1C. The number of carboxylic acids is 1. The van der Waals surface area contributed by atoms with E-state index in [0.717, 1.165) is 22.9 Å². The van der Waals surface area contributed by atoms with Gasteiger partial charge in [0.15, 0.2) is 0 Å². The lowest BCUT2D eigenvalue weighted by atomic mass is 10.1. The van der Waals surface area contributed by atoms with E-state index in [0.29, 0.717) is 17.3 Å². The van der Waals surface area contributed by atoms with Crippen LogP contribution >= 0.6 is 0 Å².